The molecule has 4 rings (SSSR count). The number of halogens is 1. The highest BCUT2D eigenvalue weighted by Gasteiger charge is 2.27. The Morgan fingerprint density at radius 3 is 2.44 bits per heavy atom. The highest BCUT2D eigenvalue weighted by atomic mass is 32.2. The largest absolute Gasteiger partial charge is 0.490 e. The Kier molecular flexibility index (Phi) is 6.76. The van der Waals surface area contributed by atoms with E-state index in [9.17, 15) is 17.6 Å². The first-order valence-corrected chi connectivity index (χ1v) is 12.0. The standard InChI is InChI=1S/C23H25FN2O5S/c24-19-5-7-20(8-6-19)32(28,29)26-12-1-11-25(13-14-26)23(27)10-4-18-3-9-21-22(17-18)31-16-2-15-30-21/h3-10,17H,1-2,11-16H2/b10-4+. The number of carbonyl (C=O) groups is 1. The van der Waals surface area contributed by atoms with Crippen LogP contribution < -0.4 is 9.47 Å². The van der Waals surface area contributed by atoms with Crippen LogP contribution in [0.25, 0.3) is 6.08 Å². The maximum Gasteiger partial charge on any atom is 0.246 e. The lowest BCUT2D eigenvalue weighted by Crippen LogP contribution is -2.36. The van der Waals surface area contributed by atoms with E-state index in [1.807, 2.05) is 18.2 Å². The van der Waals surface area contributed by atoms with Crippen molar-refractivity contribution in [1.29, 1.82) is 0 Å². The molecular formula is C23H25FN2O5S. The van der Waals surface area contributed by atoms with Crippen LogP contribution in [-0.4, -0.2) is 62.9 Å². The highest BCUT2D eigenvalue weighted by molar-refractivity contribution is 7.89. The lowest BCUT2D eigenvalue weighted by Gasteiger charge is -2.21. The molecule has 2 heterocycles. The van der Waals surface area contributed by atoms with Gasteiger partial charge in [-0.2, -0.15) is 4.31 Å². The van der Waals surface area contributed by atoms with Crippen LogP contribution in [0.4, 0.5) is 4.39 Å². The lowest BCUT2D eigenvalue weighted by molar-refractivity contribution is -0.125. The molecule has 7 nitrogen and oxygen atoms in total. The number of nitrogens with zero attached hydrogens (tertiary/aromatic N) is 2. The minimum Gasteiger partial charge on any atom is -0.490 e. The van der Waals surface area contributed by atoms with Gasteiger partial charge in [-0.05, 0) is 54.5 Å². The predicted octanol–water partition coefficient (Wildman–Crippen LogP) is 2.92. The van der Waals surface area contributed by atoms with Crippen molar-refractivity contribution in [1.82, 2.24) is 9.21 Å². The third-order valence-electron chi connectivity index (χ3n) is 5.41. The van der Waals surface area contributed by atoms with E-state index < -0.39 is 15.8 Å². The zero-order valence-corrected chi connectivity index (χ0v) is 18.4. The molecule has 1 saturated heterocycles. The predicted molar refractivity (Wildman–Crippen MR) is 117 cm³/mol. The topological polar surface area (TPSA) is 76.2 Å². The molecule has 170 valence electrons. The number of sulfonamides is 1. The monoisotopic (exact) mass is 460 g/mol. The summed E-state index contributed by atoms with van der Waals surface area (Å²) in [7, 11) is -3.73. The third-order valence-corrected chi connectivity index (χ3v) is 7.32. The molecule has 0 radical (unpaired) electrons. The lowest BCUT2D eigenvalue weighted by atomic mass is 10.2. The maximum atomic E-state index is 13.1. The fraction of sp³-hybridized carbons (Fsp3) is 0.348. The quantitative estimate of drug-likeness (QED) is 0.656. The number of fused-ring (bicyclic) bond motifs is 1. The second kappa shape index (κ2) is 9.70. The Labute approximate surface area is 187 Å². The summed E-state index contributed by atoms with van der Waals surface area (Å²) >= 11 is 0. The molecule has 0 aliphatic carbocycles. The minimum absolute atomic E-state index is 0.0491. The van der Waals surface area contributed by atoms with Gasteiger partial charge in [-0.1, -0.05) is 6.07 Å². The molecule has 0 saturated carbocycles. The summed E-state index contributed by atoms with van der Waals surface area (Å²) < 4.78 is 51.5. The van der Waals surface area contributed by atoms with E-state index >= 15 is 0 Å². The fourth-order valence-electron chi connectivity index (χ4n) is 3.67. The number of hydrogen-bond donors (Lipinski definition) is 0. The number of amides is 1. The number of benzene rings is 2. The first kappa shape index (κ1) is 22.3. The van der Waals surface area contributed by atoms with Crippen LogP contribution in [0.5, 0.6) is 11.5 Å². The van der Waals surface area contributed by atoms with Gasteiger partial charge in [0.1, 0.15) is 5.82 Å². The fourth-order valence-corrected chi connectivity index (χ4v) is 5.14. The molecule has 9 heteroatoms. The molecule has 0 atom stereocenters. The number of hydrogen-bond acceptors (Lipinski definition) is 5. The first-order chi connectivity index (χ1) is 15.4. The van der Waals surface area contributed by atoms with Crippen molar-refractivity contribution in [3.05, 3.63) is 59.9 Å². The van der Waals surface area contributed by atoms with Gasteiger partial charge in [0.05, 0.1) is 18.1 Å². The normalized spacial score (nSPS) is 17.7. The summed E-state index contributed by atoms with van der Waals surface area (Å²) in [5.41, 5.74) is 0.818. The molecule has 2 aliphatic rings. The van der Waals surface area contributed by atoms with Crippen LogP contribution in [0.2, 0.25) is 0 Å². The minimum atomic E-state index is -3.73. The summed E-state index contributed by atoms with van der Waals surface area (Å²) in [5.74, 6) is 0.685. The van der Waals surface area contributed by atoms with E-state index in [1.54, 1.807) is 11.0 Å². The van der Waals surface area contributed by atoms with Gasteiger partial charge < -0.3 is 14.4 Å². The van der Waals surface area contributed by atoms with Gasteiger partial charge in [0.15, 0.2) is 11.5 Å². The van der Waals surface area contributed by atoms with Crippen molar-refractivity contribution in [2.45, 2.75) is 17.7 Å². The molecule has 2 aromatic rings. The summed E-state index contributed by atoms with van der Waals surface area (Å²) in [6.45, 7) is 2.43. The van der Waals surface area contributed by atoms with Gasteiger partial charge >= 0.3 is 0 Å². The molecule has 0 spiro atoms. The van der Waals surface area contributed by atoms with Crippen LogP contribution in [0, 0.1) is 5.82 Å². The second-order valence-corrected chi connectivity index (χ2v) is 9.56. The maximum absolute atomic E-state index is 13.1. The van der Waals surface area contributed by atoms with E-state index in [0.29, 0.717) is 44.2 Å². The van der Waals surface area contributed by atoms with E-state index in [4.69, 9.17) is 9.47 Å². The Bertz CT molecular complexity index is 1100. The summed E-state index contributed by atoms with van der Waals surface area (Å²) in [4.78, 5) is 14.4. The summed E-state index contributed by atoms with van der Waals surface area (Å²) in [6, 6.07) is 10.3. The average molecular weight is 461 g/mol. The van der Waals surface area contributed by atoms with Crippen molar-refractivity contribution in [2.75, 3.05) is 39.4 Å². The average Bonchev–Trinajstić information content (AvgIpc) is 3.18. The zero-order valence-electron chi connectivity index (χ0n) is 17.6. The van der Waals surface area contributed by atoms with Gasteiger partial charge in [-0.3, -0.25) is 4.79 Å². The van der Waals surface area contributed by atoms with Crippen molar-refractivity contribution >= 4 is 22.0 Å². The SMILES string of the molecule is O=C(/C=C/c1ccc2c(c1)OCCCO2)N1CCCN(S(=O)(=O)c2ccc(F)cc2)CC1. The van der Waals surface area contributed by atoms with Gasteiger partial charge in [-0.25, -0.2) is 12.8 Å². The first-order valence-electron chi connectivity index (χ1n) is 10.6. The van der Waals surface area contributed by atoms with Crippen LogP contribution in [-0.2, 0) is 14.8 Å². The van der Waals surface area contributed by atoms with Gasteiger partial charge in [0.25, 0.3) is 0 Å². The molecule has 0 unspecified atom stereocenters. The molecule has 0 bridgehead atoms. The Morgan fingerprint density at radius 2 is 1.66 bits per heavy atom. The zero-order chi connectivity index (χ0) is 22.6. The smallest absolute Gasteiger partial charge is 0.246 e. The highest BCUT2D eigenvalue weighted by Crippen LogP contribution is 2.30. The van der Waals surface area contributed by atoms with E-state index in [-0.39, 0.29) is 23.9 Å². The molecular weight excluding hydrogens is 435 g/mol. The molecule has 2 aliphatic heterocycles. The Morgan fingerprint density at radius 1 is 0.906 bits per heavy atom. The van der Waals surface area contributed by atoms with E-state index in [1.165, 1.54) is 22.5 Å². The van der Waals surface area contributed by atoms with Crippen LogP contribution >= 0.6 is 0 Å². The van der Waals surface area contributed by atoms with E-state index in [2.05, 4.69) is 0 Å². The molecule has 32 heavy (non-hydrogen) atoms. The van der Waals surface area contributed by atoms with Crippen molar-refractivity contribution in [3.63, 3.8) is 0 Å². The van der Waals surface area contributed by atoms with Crippen molar-refractivity contribution in [3.8, 4) is 11.5 Å². The van der Waals surface area contributed by atoms with Crippen molar-refractivity contribution < 1.29 is 27.1 Å². The van der Waals surface area contributed by atoms with Gasteiger partial charge in [0.2, 0.25) is 15.9 Å². The van der Waals surface area contributed by atoms with Crippen molar-refractivity contribution in [2.24, 2.45) is 0 Å². The van der Waals surface area contributed by atoms with Gasteiger partial charge in [-0.15, -0.1) is 0 Å². The summed E-state index contributed by atoms with van der Waals surface area (Å²) in [5, 5.41) is 0. The number of ether oxygens (including phenoxy) is 2. The third kappa shape index (κ3) is 5.11. The van der Waals surface area contributed by atoms with Crippen LogP contribution in [0.15, 0.2) is 53.4 Å². The summed E-state index contributed by atoms with van der Waals surface area (Å²) in [6.07, 6.45) is 4.55. The molecule has 0 aromatic heterocycles. The second-order valence-electron chi connectivity index (χ2n) is 7.63. The Balaban J connectivity index is 1.39. The molecule has 1 fully saturated rings. The van der Waals surface area contributed by atoms with Gasteiger partial charge in [0, 0.05) is 38.7 Å². The van der Waals surface area contributed by atoms with Crippen LogP contribution in [0.3, 0.4) is 0 Å². The molecule has 2 aromatic carbocycles. The number of rotatable bonds is 4. The molecule has 1 amide bonds. The molecule has 0 N–H and O–H groups in total. The Hall–Kier alpha value is -2.91. The van der Waals surface area contributed by atoms with E-state index in [0.717, 1.165) is 24.1 Å². The van der Waals surface area contributed by atoms with Crippen LogP contribution in [0.1, 0.15) is 18.4 Å². The number of carbonyl (C=O) groups excluding carboxylic acids is 1.